The Morgan fingerprint density at radius 1 is 1.04 bits per heavy atom. The van der Waals surface area contributed by atoms with Crippen LogP contribution in [0.2, 0.25) is 0 Å². The fourth-order valence-corrected chi connectivity index (χ4v) is 5.73. The number of nitrogens with one attached hydrogen (secondary N) is 1. The number of ether oxygens (including phenoxy) is 2. The van der Waals surface area contributed by atoms with Crippen molar-refractivity contribution >= 4 is 13.8 Å². The molecule has 47 heavy (non-hydrogen) atoms. The summed E-state index contributed by atoms with van der Waals surface area (Å²) in [4.78, 5) is 50.6. The van der Waals surface area contributed by atoms with Crippen molar-refractivity contribution in [3.05, 3.63) is 45.0 Å². The van der Waals surface area contributed by atoms with Gasteiger partial charge in [-0.2, -0.15) is 4.39 Å². The third-order valence-corrected chi connectivity index (χ3v) is 8.71. The normalized spacial score (nSPS) is 19.5. The Kier molecular flexibility index (Phi) is 20.5. The van der Waals surface area contributed by atoms with Gasteiger partial charge in [-0.05, 0) is 32.1 Å². The number of quaternary nitrogens is 1. The minimum absolute atomic E-state index is 0. The van der Waals surface area contributed by atoms with E-state index in [-0.39, 0.29) is 24.9 Å². The smallest absolute Gasteiger partial charge is 0.330 e. The van der Waals surface area contributed by atoms with Gasteiger partial charge >= 0.3 is 11.7 Å². The lowest BCUT2D eigenvalue weighted by Gasteiger charge is -2.28. The van der Waals surface area contributed by atoms with Crippen molar-refractivity contribution in [2.24, 2.45) is 0 Å². The van der Waals surface area contributed by atoms with Gasteiger partial charge in [0.2, 0.25) is 5.82 Å². The summed E-state index contributed by atoms with van der Waals surface area (Å²) in [5, 5.41) is 0. The molecule has 2 rings (SSSR count). The predicted molar refractivity (Wildman–Crippen MR) is 175 cm³/mol. The second-order valence-corrected chi connectivity index (χ2v) is 14.4. The number of H-pyrrole nitrogens is 1. The molecule has 4 atom stereocenters. The standard InChI is InChI=1S/C32H55FN3O9P.H2O/c1-5-6-7-8-9-10-11-12-13-14-15-16-17-18-19-20-30(37)45-27-23-29(35-24-26(33)31(38)34-32(35)39)44-28(27)25-43-46(40,41)42-22-21-36(2,3)4;/h12-13,24,27-29H,5-11,14-23,25H2,1-4H3,(H-,34,38,39,40,41);1H2/b13-12-;/t27-,28+,29+;/m0./s1. The molecule has 1 aliphatic rings. The minimum atomic E-state index is -4.71. The number of allylic oxidation sites excluding steroid dienone is 2. The van der Waals surface area contributed by atoms with Crippen LogP contribution in [-0.4, -0.2) is 78.6 Å². The lowest BCUT2D eigenvalue weighted by Crippen LogP contribution is -2.37. The van der Waals surface area contributed by atoms with Crippen LogP contribution in [0.25, 0.3) is 0 Å². The highest BCUT2D eigenvalue weighted by atomic mass is 31.2. The quantitative estimate of drug-likeness (QED) is 0.0543. The predicted octanol–water partition coefficient (Wildman–Crippen LogP) is 4.30. The topological polar surface area (TPSA) is 180 Å². The van der Waals surface area contributed by atoms with Crippen LogP contribution in [0.5, 0.6) is 0 Å². The van der Waals surface area contributed by atoms with Crippen molar-refractivity contribution in [2.75, 3.05) is 40.9 Å². The summed E-state index contributed by atoms with van der Waals surface area (Å²) in [6.07, 6.45) is 16.8. The number of hydrogen-bond acceptors (Lipinski definition) is 9. The maximum Gasteiger partial charge on any atom is 0.330 e. The molecule has 3 N–H and O–H groups in total. The van der Waals surface area contributed by atoms with Crippen LogP contribution in [0.4, 0.5) is 4.39 Å². The second kappa shape index (κ2) is 22.4. The summed E-state index contributed by atoms with van der Waals surface area (Å²) in [7, 11) is 0.922. The molecule has 1 fully saturated rings. The monoisotopic (exact) mass is 693 g/mol. The van der Waals surface area contributed by atoms with Crippen molar-refractivity contribution in [1.82, 2.24) is 9.55 Å². The van der Waals surface area contributed by atoms with Gasteiger partial charge in [0.05, 0.1) is 33.9 Å². The maximum atomic E-state index is 13.9. The van der Waals surface area contributed by atoms with E-state index >= 15 is 0 Å². The van der Waals surface area contributed by atoms with E-state index in [1.54, 1.807) is 0 Å². The third-order valence-electron chi connectivity index (χ3n) is 7.75. The average Bonchev–Trinajstić information content (AvgIpc) is 3.37. The van der Waals surface area contributed by atoms with Crippen LogP contribution in [0.3, 0.4) is 0 Å². The number of phosphoric ester groups is 1. The molecule has 15 heteroatoms. The molecule has 0 spiro atoms. The Bertz CT molecular complexity index is 1230. The number of carbonyl (C=O) groups is 1. The van der Waals surface area contributed by atoms with E-state index in [0.29, 0.717) is 23.6 Å². The molecule has 0 bridgehead atoms. The molecular formula is C32H57FN3O10P. The van der Waals surface area contributed by atoms with Crippen molar-refractivity contribution in [1.29, 1.82) is 0 Å². The van der Waals surface area contributed by atoms with Gasteiger partial charge in [0, 0.05) is 12.8 Å². The van der Waals surface area contributed by atoms with Gasteiger partial charge in [0.15, 0.2) is 0 Å². The van der Waals surface area contributed by atoms with E-state index in [0.717, 1.165) is 43.1 Å². The van der Waals surface area contributed by atoms with Crippen LogP contribution < -0.4 is 16.1 Å². The third kappa shape index (κ3) is 18.2. The first-order valence-electron chi connectivity index (χ1n) is 16.7. The number of aromatic amines is 1. The number of rotatable bonds is 24. The molecule has 272 valence electrons. The molecule has 0 radical (unpaired) electrons. The highest BCUT2D eigenvalue weighted by Gasteiger charge is 2.40. The maximum absolute atomic E-state index is 13.9. The summed E-state index contributed by atoms with van der Waals surface area (Å²) in [5.41, 5.74) is -2.10. The van der Waals surface area contributed by atoms with Gasteiger partial charge in [-0.15, -0.1) is 0 Å². The molecule has 1 aliphatic heterocycles. The fourth-order valence-electron chi connectivity index (χ4n) is 5.02. The first kappa shape index (κ1) is 42.8. The molecule has 0 aromatic carbocycles. The molecule has 1 aromatic rings. The van der Waals surface area contributed by atoms with E-state index in [2.05, 4.69) is 19.1 Å². The van der Waals surface area contributed by atoms with Gasteiger partial charge in [-0.3, -0.25) is 23.7 Å². The molecule has 0 aliphatic carbocycles. The Hall–Kier alpha value is -2.19. The molecule has 2 heterocycles. The fraction of sp³-hybridized carbons (Fsp3) is 0.781. The first-order valence-corrected chi connectivity index (χ1v) is 18.2. The molecule has 1 unspecified atom stereocenters. The summed E-state index contributed by atoms with van der Waals surface area (Å²) in [6.45, 7) is 1.99. The largest absolute Gasteiger partial charge is 0.756 e. The van der Waals surface area contributed by atoms with Crippen molar-refractivity contribution < 1.29 is 47.1 Å². The van der Waals surface area contributed by atoms with Crippen LogP contribution >= 0.6 is 7.82 Å². The number of halogens is 1. The van der Waals surface area contributed by atoms with Crippen LogP contribution in [0.1, 0.15) is 109 Å². The lowest BCUT2D eigenvalue weighted by atomic mass is 10.1. The first-order chi connectivity index (χ1) is 21.8. The number of unbranched alkanes of at least 4 members (excludes halogenated alkanes) is 11. The van der Waals surface area contributed by atoms with E-state index in [4.69, 9.17) is 18.5 Å². The number of aromatic nitrogens is 2. The Morgan fingerprint density at radius 2 is 1.64 bits per heavy atom. The number of esters is 1. The number of carbonyl (C=O) groups excluding carboxylic acids is 1. The SMILES string of the molecule is CCCCCCCC/C=C\CCCCCCCC(=O)O[C@H]1C[C@H](n2cc(F)c(=O)[nH]c2=O)O[C@@H]1COP(=O)([O-])OCC[N+](C)(C)C.O. The average molecular weight is 694 g/mol. The van der Waals surface area contributed by atoms with Gasteiger partial charge in [0.25, 0.3) is 13.4 Å². The molecular weight excluding hydrogens is 636 g/mol. The van der Waals surface area contributed by atoms with Crippen LogP contribution in [0, 0.1) is 5.82 Å². The van der Waals surface area contributed by atoms with Gasteiger partial charge in [-0.1, -0.05) is 70.4 Å². The van der Waals surface area contributed by atoms with Crippen LogP contribution in [0.15, 0.2) is 27.9 Å². The Morgan fingerprint density at radius 3 is 2.26 bits per heavy atom. The number of likely N-dealkylation sites (N-methyl/N-ethyl adjacent to an activating group) is 1. The Labute approximate surface area is 278 Å². The molecule has 0 saturated carbocycles. The summed E-state index contributed by atoms with van der Waals surface area (Å²) >= 11 is 0. The van der Waals surface area contributed by atoms with Crippen LogP contribution in [-0.2, 0) is 27.9 Å². The summed E-state index contributed by atoms with van der Waals surface area (Å²) < 4.78 is 48.9. The minimum Gasteiger partial charge on any atom is -0.756 e. The van der Waals surface area contributed by atoms with Gasteiger partial charge in [0.1, 0.15) is 31.6 Å². The van der Waals surface area contributed by atoms with Crippen molar-refractivity contribution in [3.63, 3.8) is 0 Å². The van der Waals surface area contributed by atoms with E-state index in [1.165, 1.54) is 38.5 Å². The summed E-state index contributed by atoms with van der Waals surface area (Å²) in [5.74, 6) is -1.70. The zero-order valence-corrected chi connectivity index (χ0v) is 29.5. The zero-order valence-electron chi connectivity index (χ0n) is 28.6. The molecule has 1 saturated heterocycles. The van der Waals surface area contributed by atoms with Gasteiger partial charge in [-0.25, -0.2) is 4.79 Å². The molecule has 13 nitrogen and oxygen atoms in total. The Balaban J connectivity index is 0.0000110. The van der Waals surface area contributed by atoms with E-state index < -0.39 is 55.9 Å². The highest BCUT2D eigenvalue weighted by Crippen LogP contribution is 2.40. The zero-order chi connectivity index (χ0) is 34.0. The summed E-state index contributed by atoms with van der Waals surface area (Å²) in [6, 6.07) is 0. The molecule has 1 aromatic heterocycles. The van der Waals surface area contributed by atoms with E-state index in [9.17, 15) is 28.2 Å². The second-order valence-electron chi connectivity index (χ2n) is 13.0. The number of phosphoric acid groups is 1. The number of nitrogens with zero attached hydrogens (tertiary/aromatic N) is 2. The van der Waals surface area contributed by atoms with Gasteiger partial charge < -0.3 is 33.4 Å². The van der Waals surface area contributed by atoms with Crippen molar-refractivity contribution in [3.8, 4) is 0 Å². The highest BCUT2D eigenvalue weighted by molar-refractivity contribution is 7.45. The lowest BCUT2D eigenvalue weighted by molar-refractivity contribution is -0.870. The van der Waals surface area contributed by atoms with Crippen molar-refractivity contribution in [2.45, 2.75) is 122 Å². The number of hydrogen-bond donors (Lipinski definition) is 1. The van der Waals surface area contributed by atoms with E-state index in [1.807, 2.05) is 26.1 Å². The molecule has 0 amide bonds.